The zero-order chi connectivity index (χ0) is 13.7. The highest BCUT2D eigenvalue weighted by atomic mass is 16.2. The quantitative estimate of drug-likeness (QED) is 0.529. The number of aromatic nitrogens is 2. The molecule has 0 radical (unpaired) electrons. The average Bonchev–Trinajstić information content (AvgIpc) is 2.47. The molecule has 1 fully saturated rings. The second-order valence-corrected chi connectivity index (χ2v) is 3.96. The molecule has 0 bridgehead atoms. The number of nitrogens with one attached hydrogen (secondary N) is 1. The van der Waals surface area contributed by atoms with Crippen molar-refractivity contribution in [1.29, 1.82) is 0 Å². The molecule has 0 unspecified atom stereocenters. The van der Waals surface area contributed by atoms with Gasteiger partial charge < -0.3 is 9.80 Å². The molecular weight excluding hydrogens is 250 g/mol. The number of amides is 3. The molecule has 8 heteroatoms. The molecule has 1 aliphatic rings. The van der Waals surface area contributed by atoms with E-state index >= 15 is 0 Å². The van der Waals surface area contributed by atoms with E-state index in [-0.39, 0.29) is 5.95 Å². The predicted molar refractivity (Wildman–Crippen MR) is 64.9 cm³/mol. The van der Waals surface area contributed by atoms with Crippen LogP contribution in [0.2, 0.25) is 0 Å². The van der Waals surface area contributed by atoms with Crippen LogP contribution in [0, 0.1) is 0 Å². The van der Waals surface area contributed by atoms with Crippen molar-refractivity contribution in [3.8, 4) is 0 Å². The number of carbonyl (C=O) groups is 3. The van der Waals surface area contributed by atoms with E-state index in [1.807, 2.05) is 0 Å². The largest absolute Gasteiger partial charge is 0.342 e. The molecule has 3 amide bonds. The second kappa shape index (κ2) is 5.89. The SMILES string of the molecule is O=CN1CCN(C(=O)C(=O)Nc2ncccn2)CC1. The molecule has 100 valence electrons. The molecule has 2 heterocycles. The molecule has 0 spiro atoms. The lowest BCUT2D eigenvalue weighted by Crippen LogP contribution is -2.51. The number of nitrogens with zero attached hydrogens (tertiary/aromatic N) is 4. The van der Waals surface area contributed by atoms with E-state index in [0.717, 1.165) is 6.41 Å². The third-order valence-corrected chi connectivity index (χ3v) is 2.74. The van der Waals surface area contributed by atoms with Crippen LogP contribution in [0.5, 0.6) is 0 Å². The van der Waals surface area contributed by atoms with E-state index in [1.54, 1.807) is 11.0 Å². The summed E-state index contributed by atoms with van der Waals surface area (Å²) in [7, 11) is 0. The van der Waals surface area contributed by atoms with Crippen molar-refractivity contribution < 1.29 is 14.4 Å². The van der Waals surface area contributed by atoms with Crippen LogP contribution < -0.4 is 5.32 Å². The van der Waals surface area contributed by atoms with Crippen LogP contribution in [0.3, 0.4) is 0 Å². The van der Waals surface area contributed by atoms with Gasteiger partial charge in [-0.3, -0.25) is 19.7 Å². The first-order valence-electron chi connectivity index (χ1n) is 5.77. The van der Waals surface area contributed by atoms with Crippen LogP contribution in [0.1, 0.15) is 0 Å². The maximum Gasteiger partial charge on any atom is 0.316 e. The zero-order valence-electron chi connectivity index (χ0n) is 10.2. The minimum absolute atomic E-state index is 0.0902. The number of hydrogen-bond donors (Lipinski definition) is 1. The number of rotatable bonds is 2. The number of carbonyl (C=O) groups excluding carboxylic acids is 3. The van der Waals surface area contributed by atoms with Crippen LogP contribution in [-0.4, -0.2) is 64.2 Å². The predicted octanol–water partition coefficient (Wildman–Crippen LogP) is -1.28. The van der Waals surface area contributed by atoms with Gasteiger partial charge in [-0.2, -0.15) is 0 Å². The normalized spacial score (nSPS) is 14.9. The maximum atomic E-state index is 11.8. The van der Waals surface area contributed by atoms with Gasteiger partial charge in [0, 0.05) is 38.6 Å². The Morgan fingerprint density at radius 2 is 1.79 bits per heavy atom. The zero-order valence-corrected chi connectivity index (χ0v) is 10.2. The highest BCUT2D eigenvalue weighted by Gasteiger charge is 2.25. The van der Waals surface area contributed by atoms with Crippen molar-refractivity contribution in [2.24, 2.45) is 0 Å². The summed E-state index contributed by atoms with van der Waals surface area (Å²) >= 11 is 0. The molecule has 2 rings (SSSR count). The Balaban J connectivity index is 1.89. The Bertz CT molecular complexity index is 470. The summed E-state index contributed by atoms with van der Waals surface area (Å²) in [6.45, 7) is 1.57. The standard InChI is InChI=1S/C11H13N5O3/c17-8-15-4-6-16(7-5-15)10(19)9(18)14-11-12-2-1-3-13-11/h1-3,8H,4-7H2,(H,12,13,14,18). The molecule has 0 atom stereocenters. The van der Waals surface area contributed by atoms with Crippen molar-refractivity contribution in [2.75, 3.05) is 31.5 Å². The fourth-order valence-electron chi connectivity index (χ4n) is 1.69. The fourth-order valence-corrected chi connectivity index (χ4v) is 1.69. The van der Waals surface area contributed by atoms with Crippen LogP contribution in [0.15, 0.2) is 18.5 Å². The number of hydrogen-bond acceptors (Lipinski definition) is 5. The highest BCUT2D eigenvalue weighted by molar-refractivity contribution is 6.39. The van der Waals surface area contributed by atoms with Gasteiger partial charge in [0.1, 0.15) is 0 Å². The van der Waals surface area contributed by atoms with Gasteiger partial charge in [-0.15, -0.1) is 0 Å². The van der Waals surface area contributed by atoms with E-state index in [0.29, 0.717) is 26.2 Å². The minimum atomic E-state index is -0.772. The van der Waals surface area contributed by atoms with E-state index in [2.05, 4.69) is 15.3 Å². The van der Waals surface area contributed by atoms with E-state index in [4.69, 9.17) is 0 Å². The molecule has 0 saturated carbocycles. The first-order valence-corrected chi connectivity index (χ1v) is 5.77. The summed E-state index contributed by atoms with van der Waals surface area (Å²) in [5, 5.41) is 2.33. The summed E-state index contributed by atoms with van der Waals surface area (Å²) in [5.74, 6) is -1.32. The van der Waals surface area contributed by atoms with Crippen molar-refractivity contribution in [3.05, 3.63) is 18.5 Å². The van der Waals surface area contributed by atoms with Gasteiger partial charge in [-0.1, -0.05) is 0 Å². The summed E-state index contributed by atoms with van der Waals surface area (Å²) in [4.78, 5) is 44.6. The molecule has 8 nitrogen and oxygen atoms in total. The second-order valence-electron chi connectivity index (χ2n) is 3.96. The highest BCUT2D eigenvalue weighted by Crippen LogP contribution is 2.02. The van der Waals surface area contributed by atoms with Crippen LogP contribution in [0.4, 0.5) is 5.95 Å². The molecular formula is C11H13N5O3. The fraction of sp³-hybridized carbons (Fsp3) is 0.364. The van der Waals surface area contributed by atoms with Gasteiger partial charge in [-0.05, 0) is 6.07 Å². The summed E-state index contributed by atoms with van der Waals surface area (Å²) in [6.07, 6.45) is 3.67. The third kappa shape index (κ3) is 3.24. The lowest BCUT2D eigenvalue weighted by atomic mass is 10.3. The van der Waals surface area contributed by atoms with E-state index in [1.165, 1.54) is 17.3 Å². The molecule has 1 saturated heterocycles. The Hall–Kier alpha value is -2.51. The first-order chi connectivity index (χ1) is 9.20. The Morgan fingerprint density at radius 3 is 2.37 bits per heavy atom. The van der Waals surface area contributed by atoms with E-state index in [9.17, 15) is 14.4 Å². The Kier molecular flexibility index (Phi) is 4.01. The average molecular weight is 263 g/mol. The number of anilines is 1. The van der Waals surface area contributed by atoms with Gasteiger partial charge in [0.25, 0.3) is 0 Å². The van der Waals surface area contributed by atoms with Crippen LogP contribution >= 0.6 is 0 Å². The first kappa shape index (κ1) is 12.9. The maximum absolute atomic E-state index is 11.8. The molecule has 0 aromatic carbocycles. The molecule has 1 aromatic rings. The molecule has 0 aliphatic carbocycles. The molecule has 1 aliphatic heterocycles. The third-order valence-electron chi connectivity index (χ3n) is 2.74. The van der Waals surface area contributed by atoms with Crippen molar-refractivity contribution in [2.45, 2.75) is 0 Å². The Labute approximate surface area is 109 Å². The lowest BCUT2D eigenvalue weighted by molar-refractivity contribution is -0.144. The molecule has 1 aromatic heterocycles. The lowest BCUT2D eigenvalue weighted by Gasteiger charge is -2.31. The van der Waals surface area contributed by atoms with Crippen LogP contribution in [-0.2, 0) is 14.4 Å². The summed E-state index contributed by atoms with van der Waals surface area (Å²) < 4.78 is 0. The van der Waals surface area contributed by atoms with Gasteiger partial charge in [0.2, 0.25) is 12.4 Å². The molecule has 1 N–H and O–H groups in total. The summed E-state index contributed by atoms with van der Waals surface area (Å²) in [5.41, 5.74) is 0. The Morgan fingerprint density at radius 1 is 1.16 bits per heavy atom. The van der Waals surface area contributed by atoms with Gasteiger partial charge in [0.15, 0.2) is 0 Å². The van der Waals surface area contributed by atoms with Gasteiger partial charge in [-0.25, -0.2) is 9.97 Å². The van der Waals surface area contributed by atoms with Gasteiger partial charge >= 0.3 is 11.8 Å². The van der Waals surface area contributed by atoms with Crippen molar-refractivity contribution in [1.82, 2.24) is 19.8 Å². The van der Waals surface area contributed by atoms with Crippen molar-refractivity contribution in [3.63, 3.8) is 0 Å². The van der Waals surface area contributed by atoms with Gasteiger partial charge in [0.05, 0.1) is 0 Å². The van der Waals surface area contributed by atoms with E-state index < -0.39 is 11.8 Å². The smallest absolute Gasteiger partial charge is 0.316 e. The van der Waals surface area contributed by atoms with Crippen LogP contribution in [0.25, 0.3) is 0 Å². The minimum Gasteiger partial charge on any atom is -0.342 e. The monoisotopic (exact) mass is 263 g/mol. The van der Waals surface area contributed by atoms with Crippen molar-refractivity contribution >= 4 is 24.2 Å². The number of piperazine rings is 1. The summed E-state index contributed by atoms with van der Waals surface area (Å²) in [6, 6.07) is 1.61. The topological polar surface area (TPSA) is 95.5 Å². The molecule has 19 heavy (non-hydrogen) atoms.